The average molecular weight is 235 g/mol. The molecule has 1 aromatic rings. The number of aromatic hydroxyl groups is 1. The van der Waals surface area contributed by atoms with Gasteiger partial charge in [0.2, 0.25) is 0 Å². The predicted molar refractivity (Wildman–Crippen MR) is 61.5 cm³/mol. The van der Waals surface area contributed by atoms with E-state index in [1.807, 2.05) is 0 Å². The van der Waals surface area contributed by atoms with Crippen molar-refractivity contribution in [3.05, 3.63) is 34.5 Å². The summed E-state index contributed by atoms with van der Waals surface area (Å²) in [7, 11) is 0. The Hall–Kier alpha value is -2.27. The molecule has 90 valence electrons. The summed E-state index contributed by atoms with van der Waals surface area (Å²) in [4.78, 5) is 17.9. The lowest BCUT2D eigenvalue weighted by Crippen LogP contribution is -2.24. The van der Waals surface area contributed by atoms with Gasteiger partial charge >= 0.3 is 0 Å². The minimum Gasteiger partial charge on any atom is -0.506 e. The highest BCUT2D eigenvalue weighted by molar-refractivity contribution is 5.94. The number of carbonyl (C=O) groups is 1. The molecule has 0 spiro atoms. The van der Waals surface area contributed by atoms with Crippen molar-refractivity contribution in [2.45, 2.75) is 12.8 Å². The first-order chi connectivity index (χ1) is 8.24. The van der Waals surface area contributed by atoms with E-state index in [2.05, 4.69) is 20.3 Å². The molecular weight excluding hydrogens is 222 g/mol. The number of amides is 1. The van der Waals surface area contributed by atoms with Crippen molar-refractivity contribution in [2.24, 2.45) is 5.11 Å². The minimum atomic E-state index is -0.280. The molecule has 0 saturated carbocycles. The number of pyridine rings is 1. The fourth-order valence-corrected chi connectivity index (χ4v) is 1.21. The molecule has 1 heterocycles. The van der Waals surface area contributed by atoms with E-state index in [-0.39, 0.29) is 11.7 Å². The van der Waals surface area contributed by atoms with Gasteiger partial charge in [-0.05, 0) is 24.4 Å². The summed E-state index contributed by atoms with van der Waals surface area (Å²) in [6, 6.07) is 1.35. The maximum absolute atomic E-state index is 11.5. The third kappa shape index (κ3) is 4.85. The number of nitrogens with zero attached hydrogens (tertiary/aromatic N) is 4. The monoisotopic (exact) mass is 235 g/mol. The molecule has 1 amide bonds. The molecule has 1 rings (SSSR count). The van der Waals surface area contributed by atoms with Gasteiger partial charge in [-0.2, -0.15) is 0 Å². The Bertz CT molecular complexity index is 428. The van der Waals surface area contributed by atoms with Crippen molar-refractivity contribution in [3.8, 4) is 5.75 Å². The van der Waals surface area contributed by atoms with Gasteiger partial charge < -0.3 is 10.4 Å². The Kier molecular flexibility index (Phi) is 5.33. The molecule has 0 atom stereocenters. The molecule has 0 bridgehead atoms. The van der Waals surface area contributed by atoms with Crippen molar-refractivity contribution >= 4 is 5.91 Å². The van der Waals surface area contributed by atoms with Gasteiger partial charge in [-0.15, -0.1) is 0 Å². The highest BCUT2D eigenvalue weighted by atomic mass is 16.3. The molecule has 0 aliphatic carbocycles. The number of hydrogen-bond donors (Lipinski definition) is 2. The summed E-state index contributed by atoms with van der Waals surface area (Å²) in [5.41, 5.74) is 8.36. The molecule has 0 aliphatic rings. The minimum absolute atomic E-state index is 0.0407. The first-order valence-electron chi connectivity index (χ1n) is 5.17. The molecule has 0 aromatic carbocycles. The third-order valence-corrected chi connectivity index (χ3v) is 2.02. The van der Waals surface area contributed by atoms with Crippen LogP contribution in [-0.2, 0) is 0 Å². The lowest BCUT2D eigenvalue weighted by Gasteiger charge is -2.04. The average Bonchev–Trinajstić information content (AvgIpc) is 2.33. The Balaban J connectivity index is 2.28. The fraction of sp³-hybridized carbons (Fsp3) is 0.400. The molecule has 0 aliphatic heterocycles. The van der Waals surface area contributed by atoms with E-state index in [0.717, 1.165) is 12.8 Å². The second kappa shape index (κ2) is 7.08. The maximum atomic E-state index is 11.5. The lowest BCUT2D eigenvalue weighted by atomic mass is 10.2. The molecule has 17 heavy (non-hydrogen) atoms. The Morgan fingerprint density at radius 2 is 2.35 bits per heavy atom. The molecule has 2 N–H and O–H groups in total. The zero-order chi connectivity index (χ0) is 12.5. The van der Waals surface area contributed by atoms with Crippen LogP contribution in [-0.4, -0.2) is 29.1 Å². The van der Waals surface area contributed by atoms with Crippen LogP contribution in [0.3, 0.4) is 0 Å². The first-order valence-corrected chi connectivity index (χ1v) is 5.17. The lowest BCUT2D eigenvalue weighted by molar-refractivity contribution is 0.0952. The second-order valence-electron chi connectivity index (χ2n) is 3.35. The summed E-state index contributed by atoms with van der Waals surface area (Å²) >= 11 is 0. The van der Waals surface area contributed by atoms with Crippen LogP contribution in [0, 0.1) is 0 Å². The summed E-state index contributed by atoms with van der Waals surface area (Å²) in [5, 5.41) is 15.2. The molecule has 0 saturated heterocycles. The Morgan fingerprint density at radius 1 is 1.53 bits per heavy atom. The van der Waals surface area contributed by atoms with Gasteiger partial charge in [0, 0.05) is 24.2 Å². The zero-order valence-corrected chi connectivity index (χ0v) is 9.20. The van der Waals surface area contributed by atoms with Crippen molar-refractivity contribution in [1.82, 2.24) is 10.3 Å². The van der Waals surface area contributed by atoms with Crippen molar-refractivity contribution < 1.29 is 9.90 Å². The summed E-state index contributed by atoms with van der Waals surface area (Å²) in [5.74, 6) is -0.321. The SMILES string of the molecule is [N-]=[N+]=NCCCCNC(=O)c1cncc(O)c1. The second-order valence-corrected chi connectivity index (χ2v) is 3.35. The quantitative estimate of drug-likeness (QED) is 0.338. The van der Waals surface area contributed by atoms with Crippen LogP contribution < -0.4 is 5.32 Å². The number of nitrogens with one attached hydrogen (secondary N) is 1. The number of carbonyl (C=O) groups excluding carboxylic acids is 1. The van der Waals surface area contributed by atoms with Crippen molar-refractivity contribution in [1.29, 1.82) is 0 Å². The van der Waals surface area contributed by atoms with Crippen LogP contribution in [0.2, 0.25) is 0 Å². The molecule has 7 heteroatoms. The fourth-order valence-electron chi connectivity index (χ4n) is 1.21. The molecule has 0 unspecified atom stereocenters. The number of aromatic nitrogens is 1. The van der Waals surface area contributed by atoms with E-state index in [1.165, 1.54) is 18.5 Å². The number of rotatable bonds is 6. The largest absolute Gasteiger partial charge is 0.506 e. The zero-order valence-electron chi connectivity index (χ0n) is 9.20. The van der Waals surface area contributed by atoms with Crippen LogP contribution in [0.5, 0.6) is 5.75 Å². The van der Waals surface area contributed by atoms with Crippen molar-refractivity contribution in [2.75, 3.05) is 13.1 Å². The number of hydrogen-bond acceptors (Lipinski definition) is 4. The normalized spacial score (nSPS) is 9.41. The van der Waals surface area contributed by atoms with E-state index >= 15 is 0 Å². The highest BCUT2D eigenvalue weighted by Gasteiger charge is 2.05. The third-order valence-electron chi connectivity index (χ3n) is 2.02. The van der Waals surface area contributed by atoms with Crippen LogP contribution in [0.15, 0.2) is 23.6 Å². The van der Waals surface area contributed by atoms with Gasteiger partial charge in [0.05, 0.1) is 11.8 Å². The van der Waals surface area contributed by atoms with Gasteiger partial charge in [0.1, 0.15) is 5.75 Å². The molecule has 7 nitrogen and oxygen atoms in total. The van der Waals surface area contributed by atoms with Crippen LogP contribution in [0.4, 0.5) is 0 Å². The smallest absolute Gasteiger partial charge is 0.252 e. The first kappa shape index (κ1) is 12.8. The van der Waals surface area contributed by atoms with Crippen molar-refractivity contribution in [3.63, 3.8) is 0 Å². The van der Waals surface area contributed by atoms with Crippen LogP contribution in [0.1, 0.15) is 23.2 Å². The van der Waals surface area contributed by atoms with E-state index < -0.39 is 0 Å². The Labute approximate surface area is 98.1 Å². The number of azide groups is 1. The van der Waals surface area contributed by atoms with Gasteiger partial charge in [-0.3, -0.25) is 9.78 Å². The van der Waals surface area contributed by atoms with E-state index in [0.29, 0.717) is 18.7 Å². The van der Waals surface area contributed by atoms with E-state index in [4.69, 9.17) is 10.6 Å². The summed E-state index contributed by atoms with van der Waals surface area (Å²) in [6.07, 6.45) is 4.10. The van der Waals surface area contributed by atoms with Gasteiger partial charge in [-0.1, -0.05) is 5.11 Å². The molecule has 0 fully saturated rings. The van der Waals surface area contributed by atoms with Crippen LogP contribution >= 0.6 is 0 Å². The predicted octanol–water partition coefficient (Wildman–Crippen LogP) is 1.61. The summed E-state index contributed by atoms with van der Waals surface area (Å²) in [6.45, 7) is 0.926. The van der Waals surface area contributed by atoms with E-state index in [1.54, 1.807) is 0 Å². The van der Waals surface area contributed by atoms with Gasteiger partial charge in [0.15, 0.2) is 0 Å². The molecular formula is C10H13N5O2. The molecule has 1 aromatic heterocycles. The highest BCUT2D eigenvalue weighted by Crippen LogP contribution is 2.07. The maximum Gasteiger partial charge on any atom is 0.252 e. The van der Waals surface area contributed by atoms with Gasteiger partial charge in [0.25, 0.3) is 5.91 Å². The number of unbranched alkanes of at least 4 members (excludes halogenated alkanes) is 1. The van der Waals surface area contributed by atoms with Gasteiger partial charge in [-0.25, -0.2) is 0 Å². The van der Waals surface area contributed by atoms with E-state index in [9.17, 15) is 4.79 Å². The topological polar surface area (TPSA) is 111 Å². The van der Waals surface area contributed by atoms with Crippen LogP contribution in [0.25, 0.3) is 10.4 Å². The Morgan fingerprint density at radius 3 is 3.06 bits per heavy atom. The molecule has 0 radical (unpaired) electrons. The standard InChI is InChI=1S/C10H13N5O2/c11-15-14-4-2-1-3-13-10(17)8-5-9(16)7-12-6-8/h5-7,16H,1-4H2,(H,13,17). The summed E-state index contributed by atoms with van der Waals surface area (Å²) < 4.78 is 0.